The highest BCUT2D eigenvalue weighted by Crippen LogP contribution is 2.39. The van der Waals surface area contributed by atoms with Crippen molar-refractivity contribution in [2.24, 2.45) is 0 Å². The summed E-state index contributed by atoms with van der Waals surface area (Å²) in [6, 6.07) is 0. The lowest BCUT2D eigenvalue weighted by atomic mass is 10.00. The number of hydrogen-bond acceptors (Lipinski definition) is 1. The molecule has 1 heterocycles. The van der Waals surface area contributed by atoms with Gasteiger partial charge in [-0.2, -0.15) is 0 Å². The number of rotatable bonds is 3. The van der Waals surface area contributed by atoms with Gasteiger partial charge in [-0.25, -0.2) is 0 Å². The molecule has 0 amide bonds. The summed E-state index contributed by atoms with van der Waals surface area (Å²) in [6.45, 7) is 6.11. The van der Waals surface area contributed by atoms with Gasteiger partial charge in [0.1, 0.15) is 5.76 Å². The summed E-state index contributed by atoms with van der Waals surface area (Å²) in [6.07, 6.45) is 8.08. The minimum atomic E-state index is 1.06. The molecule has 0 N–H and O–H groups in total. The third-order valence-electron chi connectivity index (χ3n) is 2.59. The van der Waals surface area contributed by atoms with Gasteiger partial charge in [0.25, 0.3) is 0 Å². The van der Waals surface area contributed by atoms with Crippen LogP contribution in [0.25, 0.3) is 0 Å². The quantitative estimate of drug-likeness (QED) is 0.637. The Balaban J connectivity index is 2.13. The van der Waals surface area contributed by atoms with E-state index in [9.17, 15) is 0 Å². The molecule has 1 radical (unpaired) electrons. The van der Waals surface area contributed by atoms with E-state index < -0.39 is 0 Å². The lowest BCUT2D eigenvalue weighted by Gasteiger charge is -2.03. The van der Waals surface area contributed by atoms with E-state index in [0.717, 1.165) is 5.76 Å². The van der Waals surface area contributed by atoms with E-state index in [1.54, 1.807) is 0 Å². The second-order valence-electron chi connectivity index (χ2n) is 3.58. The van der Waals surface area contributed by atoms with Crippen LogP contribution in [0.3, 0.4) is 0 Å². The Morgan fingerprint density at radius 3 is 2.92 bits per heavy atom. The summed E-state index contributed by atoms with van der Waals surface area (Å²) in [7, 11) is 0. The van der Waals surface area contributed by atoms with E-state index in [0.29, 0.717) is 0 Å². The van der Waals surface area contributed by atoms with Crippen molar-refractivity contribution < 1.29 is 4.74 Å². The number of hydrogen-bond donors (Lipinski definition) is 0. The van der Waals surface area contributed by atoms with Gasteiger partial charge < -0.3 is 4.74 Å². The molecule has 0 atom stereocenters. The van der Waals surface area contributed by atoms with Crippen molar-refractivity contribution in [2.45, 2.75) is 33.1 Å². The molecule has 0 fully saturated rings. The molecule has 0 aromatic rings. The van der Waals surface area contributed by atoms with Crippen molar-refractivity contribution in [3.05, 3.63) is 41.2 Å². The van der Waals surface area contributed by atoms with Crippen LogP contribution in [0.4, 0.5) is 0 Å². The zero-order chi connectivity index (χ0) is 9.26. The summed E-state index contributed by atoms with van der Waals surface area (Å²) in [5.41, 5.74) is 4.04. The molecule has 69 valence electrons. The monoisotopic (exact) mass is 175 g/mol. The average Bonchev–Trinajstić information content (AvgIpc) is 2.67. The zero-order valence-electron chi connectivity index (χ0n) is 8.26. The summed E-state index contributed by atoms with van der Waals surface area (Å²) in [5.74, 6) is 1.06. The normalized spacial score (nSPS) is 19.8. The SMILES string of the molecule is CCCCC1=CC=C2[CH]OC(C)=C21. The van der Waals surface area contributed by atoms with E-state index in [1.807, 2.05) is 13.5 Å². The molecule has 0 spiro atoms. The van der Waals surface area contributed by atoms with Gasteiger partial charge in [0.15, 0.2) is 6.61 Å². The number of ether oxygens (including phenoxy) is 1. The number of fused-ring (bicyclic) bond motifs is 1. The Labute approximate surface area is 79.8 Å². The first kappa shape index (κ1) is 8.61. The molecule has 0 saturated heterocycles. The summed E-state index contributed by atoms with van der Waals surface area (Å²) < 4.78 is 5.38. The van der Waals surface area contributed by atoms with E-state index in [2.05, 4.69) is 19.1 Å². The minimum absolute atomic E-state index is 1.06. The van der Waals surface area contributed by atoms with E-state index in [-0.39, 0.29) is 0 Å². The molecule has 13 heavy (non-hydrogen) atoms. The van der Waals surface area contributed by atoms with Gasteiger partial charge in [-0.3, -0.25) is 0 Å². The minimum Gasteiger partial charge on any atom is -0.485 e. The van der Waals surface area contributed by atoms with Gasteiger partial charge in [-0.15, -0.1) is 0 Å². The highest BCUT2D eigenvalue weighted by Gasteiger charge is 2.24. The Bertz CT molecular complexity index is 305. The molecule has 1 aliphatic heterocycles. The predicted octanol–water partition coefficient (Wildman–Crippen LogP) is 3.51. The number of allylic oxidation sites excluding steroid dienone is 4. The largest absolute Gasteiger partial charge is 0.485 e. The average molecular weight is 175 g/mol. The second kappa shape index (κ2) is 3.41. The van der Waals surface area contributed by atoms with Crippen molar-refractivity contribution in [1.29, 1.82) is 0 Å². The van der Waals surface area contributed by atoms with Gasteiger partial charge >= 0.3 is 0 Å². The van der Waals surface area contributed by atoms with Crippen LogP contribution in [-0.2, 0) is 4.74 Å². The third-order valence-corrected chi connectivity index (χ3v) is 2.59. The third kappa shape index (κ3) is 1.43. The van der Waals surface area contributed by atoms with E-state index in [4.69, 9.17) is 4.74 Å². The Hall–Kier alpha value is -0.980. The van der Waals surface area contributed by atoms with Crippen LogP contribution >= 0.6 is 0 Å². The van der Waals surface area contributed by atoms with Gasteiger partial charge in [-0.05, 0) is 25.3 Å². The summed E-state index contributed by atoms with van der Waals surface area (Å²) in [5, 5.41) is 0. The molecule has 0 unspecified atom stereocenters. The van der Waals surface area contributed by atoms with Crippen molar-refractivity contribution in [3.63, 3.8) is 0 Å². The topological polar surface area (TPSA) is 9.23 Å². The maximum atomic E-state index is 5.38. The molecule has 1 nitrogen and oxygen atoms in total. The molecule has 0 bridgehead atoms. The van der Waals surface area contributed by atoms with Crippen molar-refractivity contribution in [1.82, 2.24) is 0 Å². The van der Waals surface area contributed by atoms with Crippen LogP contribution in [0.1, 0.15) is 33.1 Å². The summed E-state index contributed by atoms with van der Waals surface area (Å²) in [4.78, 5) is 0. The Kier molecular flexibility index (Phi) is 2.26. The molecule has 1 aliphatic carbocycles. The van der Waals surface area contributed by atoms with Crippen LogP contribution in [0.15, 0.2) is 34.6 Å². The standard InChI is InChI=1S/C12H15O/c1-3-4-5-10-6-7-11-8-13-9(2)12(10)11/h6-8H,3-5H2,1-2H3. The van der Waals surface area contributed by atoms with E-state index >= 15 is 0 Å². The fourth-order valence-corrected chi connectivity index (χ4v) is 1.86. The maximum Gasteiger partial charge on any atom is 0.165 e. The first-order valence-corrected chi connectivity index (χ1v) is 4.95. The molecule has 2 aliphatic rings. The second-order valence-corrected chi connectivity index (χ2v) is 3.58. The van der Waals surface area contributed by atoms with Crippen LogP contribution < -0.4 is 0 Å². The predicted molar refractivity (Wildman–Crippen MR) is 53.8 cm³/mol. The lowest BCUT2D eigenvalue weighted by Crippen LogP contribution is -1.87. The molecule has 1 heteroatoms. The highest BCUT2D eigenvalue weighted by atomic mass is 16.5. The molecular formula is C12H15O. The molecule has 2 rings (SSSR count). The van der Waals surface area contributed by atoms with Crippen LogP contribution in [0, 0.1) is 6.61 Å². The molecule has 0 saturated carbocycles. The molecular weight excluding hydrogens is 160 g/mol. The fraction of sp³-hybridized carbons (Fsp3) is 0.417. The molecule has 0 aromatic heterocycles. The van der Waals surface area contributed by atoms with Gasteiger partial charge in [0.2, 0.25) is 0 Å². The Morgan fingerprint density at radius 2 is 2.15 bits per heavy atom. The Morgan fingerprint density at radius 1 is 1.31 bits per heavy atom. The van der Waals surface area contributed by atoms with Crippen molar-refractivity contribution >= 4 is 0 Å². The first-order valence-electron chi connectivity index (χ1n) is 4.95. The molecule has 0 aromatic carbocycles. The van der Waals surface area contributed by atoms with Crippen molar-refractivity contribution in [2.75, 3.05) is 0 Å². The van der Waals surface area contributed by atoms with Crippen LogP contribution in [-0.4, -0.2) is 0 Å². The van der Waals surface area contributed by atoms with Crippen LogP contribution in [0.5, 0.6) is 0 Å². The number of unbranched alkanes of at least 4 members (excludes halogenated alkanes) is 1. The smallest absolute Gasteiger partial charge is 0.165 e. The summed E-state index contributed by atoms with van der Waals surface area (Å²) >= 11 is 0. The van der Waals surface area contributed by atoms with Crippen molar-refractivity contribution in [3.8, 4) is 0 Å². The highest BCUT2D eigenvalue weighted by molar-refractivity contribution is 5.60. The van der Waals surface area contributed by atoms with Gasteiger partial charge in [0.05, 0.1) is 0 Å². The first-order chi connectivity index (χ1) is 6.33. The maximum absolute atomic E-state index is 5.38. The van der Waals surface area contributed by atoms with E-state index in [1.165, 1.54) is 36.0 Å². The van der Waals surface area contributed by atoms with Gasteiger partial charge in [-0.1, -0.05) is 25.5 Å². The lowest BCUT2D eigenvalue weighted by molar-refractivity contribution is 0.325. The van der Waals surface area contributed by atoms with Gasteiger partial charge in [0, 0.05) is 11.1 Å². The fourth-order valence-electron chi connectivity index (χ4n) is 1.86. The van der Waals surface area contributed by atoms with Crippen LogP contribution in [0.2, 0.25) is 0 Å². The zero-order valence-corrected chi connectivity index (χ0v) is 8.26.